The van der Waals surface area contributed by atoms with Gasteiger partial charge in [0.15, 0.2) is 0 Å². The van der Waals surface area contributed by atoms with Crippen molar-refractivity contribution in [3.8, 4) is 0 Å². The Morgan fingerprint density at radius 3 is 1.39 bits per heavy atom. The number of benzene rings is 4. The zero-order valence-corrected chi connectivity index (χ0v) is 24.4. The van der Waals surface area contributed by atoms with Crippen LogP contribution in [-0.2, 0) is 0 Å². The molecule has 0 aliphatic heterocycles. The number of rotatable bonds is 7. The van der Waals surface area contributed by atoms with Gasteiger partial charge < -0.3 is 0 Å². The molecule has 4 nitrogen and oxygen atoms in total. The number of carbonyl (C=O) groups is 2. The Hall–Kier alpha value is -2.56. The number of carbonyl (C=O) groups excluding carboxylic acids is 2. The van der Waals surface area contributed by atoms with E-state index >= 15 is 0 Å². The first-order valence-electron chi connectivity index (χ1n) is 11.0. The third kappa shape index (κ3) is 6.22. The van der Waals surface area contributed by atoms with Gasteiger partial charge in [-0.05, 0) is 0 Å². The van der Waals surface area contributed by atoms with E-state index in [2.05, 4.69) is 10.6 Å². The summed E-state index contributed by atoms with van der Waals surface area (Å²) in [5, 5.41) is 7.20. The molecule has 8 heteroatoms. The van der Waals surface area contributed by atoms with Crippen LogP contribution in [0, 0.1) is 13.8 Å². The van der Waals surface area contributed by atoms with Gasteiger partial charge in [0.1, 0.15) is 0 Å². The second kappa shape index (κ2) is 12.1. The Kier molecular flexibility index (Phi) is 8.92. The monoisotopic (exact) mass is 648 g/mol. The van der Waals surface area contributed by atoms with E-state index in [1.54, 1.807) is 12.1 Å². The molecule has 0 bridgehead atoms. The van der Waals surface area contributed by atoms with Crippen molar-refractivity contribution >= 4 is 81.6 Å². The van der Waals surface area contributed by atoms with Gasteiger partial charge in [0, 0.05) is 0 Å². The SMILES string of the molecule is Cc1c(Cl)cccc1NC(=O)c1ccccc1[Se][Se]c1ccccc1C(=O)Nc1cccc(Cl)c1C. The molecule has 0 radical (unpaired) electrons. The molecule has 0 spiro atoms. The van der Waals surface area contributed by atoms with Crippen LogP contribution in [0.3, 0.4) is 0 Å². The molecule has 4 aromatic rings. The maximum absolute atomic E-state index is 13.1. The topological polar surface area (TPSA) is 58.2 Å². The van der Waals surface area contributed by atoms with Gasteiger partial charge >= 0.3 is 233 Å². The van der Waals surface area contributed by atoms with Crippen molar-refractivity contribution in [2.24, 2.45) is 0 Å². The van der Waals surface area contributed by atoms with Gasteiger partial charge in [-0.3, -0.25) is 0 Å². The summed E-state index contributed by atoms with van der Waals surface area (Å²) in [5.74, 6) is -0.341. The van der Waals surface area contributed by atoms with Crippen molar-refractivity contribution in [3.05, 3.63) is 117 Å². The molecule has 0 aliphatic rings. The second-order valence-corrected chi connectivity index (χ2v) is 14.9. The summed E-state index contributed by atoms with van der Waals surface area (Å²) in [4.78, 5) is 26.3. The van der Waals surface area contributed by atoms with Crippen LogP contribution < -0.4 is 19.6 Å². The number of amides is 2. The molecule has 182 valence electrons. The number of hydrogen-bond donors (Lipinski definition) is 2. The van der Waals surface area contributed by atoms with Gasteiger partial charge in [-0.15, -0.1) is 0 Å². The molecule has 4 aromatic carbocycles. The van der Waals surface area contributed by atoms with E-state index in [4.69, 9.17) is 23.2 Å². The van der Waals surface area contributed by atoms with E-state index in [1.807, 2.05) is 86.6 Å². The van der Waals surface area contributed by atoms with Crippen molar-refractivity contribution in [2.45, 2.75) is 13.8 Å². The van der Waals surface area contributed by atoms with E-state index in [0.29, 0.717) is 32.5 Å². The molecule has 0 aliphatic carbocycles. The maximum atomic E-state index is 13.1. The third-order valence-corrected chi connectivity index (χ3v) is 13.6. The Labute approximate surface area is 231 Å². The number of hydrogen-bond acceptors (Lipinski definition) is 2. The predicted octanol–water partition coefficient (Wildman–Crippen LogP) is 5.39. The zero-order valence-electron chi connectivity index (χ0n) is 19.5. The molecule has 36 heavy (non-hydrogen) atoms. The summed E-state index contributed by atoms with van der Waals surface area (Å²) in [7, 11) is 0. The number of halogens is 2. The van der Waals surface area contributed by atoms with Crippen molar-refractivity contribution in [1.82, 2.24) is 0 Å². The fourth-order valence-corrected chi connectivity index (χ4v) is 10.9. The molecule has 0 aromatic heterocycles. The molecule has 0 saturated carbocycles. The Bertz CT molecular complexity index is 1330. The quantitative estimate of drug-likeness (QED) is 0.265. The fourth-order valence-electron chi connectivity index (χ4n) is 3.41. The summed E-state index contributed by atoms with van der Waals surface area (Å²) in [6.45, 7) is 3.76. The molecule has 4 rings (SSSR count). The molecule has 0 fully saturated rings. The zero-order chi connectivity index (χ0) is 25.7. The summed E-state index contributed by atoms with van der Waals surface area (Å²) in [5.41, 5.74) is 4.31. The molecule has 0 heterocycles. The molecular weight excluding hydrogens is 625 g/mol. The van der Waals surface area contributed by atoms with Gasteiger partial charge in [-0.2, -0.15) is 0 Å². The van der Waals surface area contributed by atoms with Crippen molar-refractivity contribution in [2.75, 3.05) is 10.6 Å². The van der Waals surface area contributed by atoms with Crippen molar-refractivity contribution in [1.29, 1.82) is 0 Å². The summed E-state index contributed by atoms with van der Waals surface area (Å²) in [6, 6.07) is 26.2. The Morgan fingerprint density at radius 2 is 0.972 bits per heavy atom. The third-order valence-electron chi connectivity index (χ3n) is 5.52. The van der Waals surface area contributed by atoms with Crippen LogP contribution in [-0.4, -0.2) is 38.1 Å². The predicted molar refractivity (Wildman–Crippen MR) is 152 cm³/mol. The van der Waals surface area contributed by atoms with Gasteiger partial charge in [-0.1, -0.05) is 0 Å². The van der Waals surface area contributed by atoms with Crippen LogP contribution in [0.1, 0.15) is 31.8 Å². The normalized spacial score (nSPS) is 10.7. The first-order valence-corrected chi connectivity index (χ1v) is 17.8. The van der Waals surface area contributed by atoms with E-state index in [1.165, 1.54) is 0 Å². The van der Waals surface area contributed by atoms with Crippen LogP contribution in [0.15, 0.2) is 84.9 Å². The van der Waals surface area contributed by atoms with Gasteiger partial charge in [-0.25, -0.2) is 0 Å². The van der Waals surface area contributed by atoms with Gasteiger partial charge in [0.25, 0.3) is 0 Å². The van der Waals surface area contributed by atoms with E-state index < -0.39 is 0 Å². The molecule has 0 unspecified atom stereocenters. The van der Waals surface area contributed by atoms with Crippen molar-refractivity contribution < 1.29 is 9.59 Å². The molecule has 0 saturated heterocycles. The molecular formula is C28H22Cl2N2O2Se2. The summed E-state index contributed by atoms with van der Waals surface area (Å²) >= 11 is 12.4. The minimum atomic E-state index is -0.170. The van der Waals surface area contributed by atoms with Gasteiger partial charge in [0.2, 0.25) is 0 Å². The average molecular weight is 647 g/mol. The number of nitrogens with one attached hydrogen (secondary N) is 2. The average Bonchev–Trinajstić information content (AvgIpc) is 2.88. The summed E-state index contributed by atoms with van der Waals surface area (Å²) in [6.07, 6.45) is 0. The summed E-state index contributed by atoms with van der Waals surface area (Å²) < 4.78 is 1.98. The van der Waals surface area contributed by atoms with Crippen LogP contribution >= 0.6 is 23.2 Å². The number of anilines is 2. The first kappa shape index (κ1) is 26.5. The minimum absolute atomic E-state index is 0.0212. The standard InChI is InChI=1S/C28H22Cl2N2O2Se2/c1-17-21(29)11-7-13-23(17)31-27(33)19-9-3-5-15-25(19)35-36-26-16-6-4-10-20(26)28(34)32-24-14-8-12-22(30)18(24)2/h3-16H,1-2H3,(H,31,33)(H,32,34). The Balaban J connectivity index is 1.52. The molecule has 2 N–H and O–H groups in total. The van der Waals surface area contributed by atoms with E-state index in [-0.39, 0.29) is 38.1 Å². The van der Waals surface area contributed by atoms with Crippen LogP contribution in [0.2, 0.25) is 10.0 Å². The van der Waals surface area contributed by atoms with E-state index in [0.717, 1.165) is 20.1 Å². The van der Waals surface area contributed by atoms with Crippen LogP contribution in [0.4, 0.5) is 11.4 Å². The van der Waals surface area contributed by atoms with Crippen LogP contribution in [0.25, 0.3) is 0 Å². The fraction of sp³-hybridized carbons (Fsp3) is 0.0714. The first-order chi connectivity index (χ1) is 17.3. The van der Waals surface area contributed by atoms with Crippen molar-refractivity contribution in [3.63, 3.8) is 0 Å². The molecule has 0 atom stereocenters. The molecule has 2 amide bonds. The Morgan fingerprint density at radius 1 is 0.583 bits per heavy atom. The van der Waals surface area contributed by atoms with Crippen LogP contribution in [0.5, 0.6) is 0 Å². The van der Waals surface area contributed by atoms with Gasteiger partial charge in [0.05, 0.1) is 0 Å². The van der Waals surface area contributed by atoms with E-state index in [9.17, 15) is 9.59 Å². The second-order valence-electron chi connectivity index (χ2n) is 7.89.